The molecule has 0 aliphatic heterocycles. The van der Waals surface area contributed by atoms with Gasteiger partial charge in [0, 0.05) is 17.9 Å². The van der Waals surface area contributed by atoms with E-state index in [1.807, 2.05) is 61.5 Å². The molecular weight excluding hydrogens is 372 g/mol. The van der Waals surface area contributed by atoms with Crippen molar-refractivity contribution in [1.82, 2.24) is 4.57 Å². The Bertz CT molecular complexity index is 1120. The maximum atomic E-state index is 12.6. The summed E-state index contributed by atoms with van der Waals surface area (Å²) in [6.45, 7) is 9.54. The van der Waals surface area contributed by atoms with Gasteiger partial charge in [0.15, 0.2) is 0 Å². The number of benzene rings is 2. The molecular formula is C26H28N2O2. The number of aromatic nitrogens is 1. The lowest BCUT2D eigenvalue weighted by molar-refractivity contribution is -0.139. The maximum Gasteiger partial charge on any atom is 0.349 e. The predicted molar refractivity (Wildman–Crippen MR) is 121 cm³/mol. The van der Waals surface area contributed by atoms with Crippen molar-refractivity contribution in [2.75, 3.05) is 0 Å². The van der Waals surface area contributed by atoms with Crippen LogP contribution in [0.3, 0.4) is 0 Å². The van der Waals surface area contributed by atoms with Crippen molar-refractivity contribution in [2.45, 2.75) is 47.3 Å². The van der Waals surface area contributed by atoms with Gasteiger partial charge in [-0.05, 0) is 60.2 Å². The standard InChI is InChI=1S/C26H28N2O2/c1-18(2)12-13-28-19(3)14-23(20(28)4)15-24(16-27)26(29)30-17-22-10-7-9-21-8-5-6-11-25(21)22/h5-11,14-15,18H,12-13,17H2,1-4H3/b24-15+. The van der Waals surface area contributed by atoms with Crippen LogP contribution in [-0.2, 0) is 22.7 Å². The smallest absolute Gasteiger partial charge is 0.349 e. The molecule has 0 saturated carbocycles. The lowest BCUT2D eigenvalue weighted by atomic mass is 10.1. The van der Waals surface area contributed by atoms with Crippen LogP contribution in [0.25, 0.3) is 16.8 Å². The highest BCUT2D eigenvalue weighted by Crippen LogP contribution is 2.22. The molecule has 4 nitrogen and oxygen atoms in total. The van der Waals surface area contributed by atoms with Crippen LogP contribution in [0.15, 0.2) is 54.1 Å². The topological polar surface area (TPSA) is 55.0 Å². The van der Waals surface area contributed by atoms with Gasteiger partial charge in [-0.1, -0.05) is 56.3 Å². The summed E-state index contributed by atoms with van der Waals surface area (Å²) in [6.07, 6.45) is 2.72. The third kappa shape index (κ3) is 4.80. The molecule has 0 saturated heterocycles. The number of ether oxygens (including phenoxy) is 1. The summed E-state index contributed by atoms with van der Waals surface area (Å²) in [5.41, 5.74) is 4.00. The molecule has 0 spiro atoms. The molecule has 3 aromatic rings. The number of hydrogen-bond acceptors (Lipinski definition) is 3. The van der Waals surface area contributed by atoms with Gasteiger partial charge in [0.1, 0.15) is 18.2 Å². The van der Waals surface area contributed by atoms with Crippen molar-refractivity contribution in [3.05, 3.63) is 76.6 Å². The van der Waals surface area contributed by atoms with Gasteiger partial charge in [-0.3, -0.25) is 0 Å². The summed E-state index contributed by atoms with van der Waals surface area (Å²) in [4.78, 5) is 12.6. The van der Waals surface area contributed by atoms with E-state index in [0.29, 0.717) is 5.92 Å². The Hall–Kier alpha value is -3.32. The molecule has 0 fully saturated rings. The summed E-state index contributed by atoms with van der Waals surface area (Å²) in [7, 11) is 0. The minimum Gasteiger partial charge on any atom is -0.457 e. The summed E-state index contributed by atoms with van der Waals surface area (Å²) in [5.74, 6) is 0.0151. The normalized spacial score (nSPS) is 11.7. The van der Waals surface area contributed by atoms with Gasteiger partial charge in [-0.15, -0.1) is 0 Å². The molecule has 154 valence electrons. The zero-order valence-electron chi connectivity index (χ0n) is 18.1. The Kier molecular flexibility index (Phi) is 6.74. The second-order valence-corrected chi connectivity index (χ2v) is 8.04. The first-order chi connectivity index (χ1) is 14.4. The lowest BCUT2D eigenvalue weighted by Crippen LogP contribution is -2.07. The number of rotatable bonds is 7. The SMILES string of the molecule is Cc1cc(/C=C(\C#N)C(=O)OCc2cccc3ccccc23)c(C)n1CCC(C)C. The third-order valence-corrected chi connectivity index (χ3v) is 5.42. The van der Waals surface area contributed by atoms with Crippen molar-refractivity contribution in [2.24, 2.45) is 5.92 Å². The van der Waals surface area contributed by atoms with Gasteiger partial charge in [0.05, 0.1) is 0 Å². The highest BCUT2D eigenvalue weighted by Gasteiger charge is 2.15. The maximum absolute atomic E-state index is 12.6. The fraction of sp³-hybridized carbons (Fsp3) is 0.308. The fourth-order valence-electron chi connectivity index (χ4n) is 3.64. The molecule has 1 heterocycles. The Labute approximate surface area is 178 Å². The van der Waals surface area contributed by atoms with Crippen LogP contribution in [0.1, 0.15) is 42.8 Å². The number of nitrogens with zero attached hydrogens (tertiary/aromatic N) is 2. The third-order valence-electron chi connectivity index (χ3n) is 5.42. The minimum atomic E-state index is -0.600. The second kappa shape index (κ2) is 9.45. The van der Waals surface area contributed by atoms with E-state index < -0.39 is 5.97 Å². The van der Waals surface area contributed by atoms with E-state index in [9.17, 15) is 10.1 Å². The van der Waals surface area contributed by atoms with Crippen molar-refractivity contribution in [1.29, 1.82) is 5.26 Å². The number of hydrogen-bond donors (Lipinski definition) is 0. The van der Waals surface area contributed by atoms with E-state index in [-0.39, 0.29) is 12.2 Å². The lowest BCUT2D eigenvalue weighted by Gasteiger charge is -2.11. The predicted octanol–water partition coefficient (Wildman–Crippen LogP) is 5.95. The molecule has 0 amide bonds. The average molecular weight is 401 g/mol. The highest BCUT2D eigenvalue weighted by molar-refractivity contribution is 5.98. The molecule has 30 heavy (non-hydrogen) atoms. The van der Waals surface area contributed by atoms with Gasteiger partial charge in [0.25, 0.3) is 0 Å². The summed E-state index contributed by atoms with van der Waals surface area (Å²) < 4.78 is 7.72. The van der Waals surface area contributed by atoms with Crippen LogP contribution in [0.4, 0.5) is 0 Å². The van der Waals surface area contributed by atoms with Gasteiger partial charge in [-0.25, -0.2) is 4.79 Å². The van der Waals surface area contributed by atoms with Gasteiger partial charge >= 0.3 is 5.97 Å². The minimum absolute atomic E-state index is 0.0133. The Balaban J connectivity index is 1.77. The van der Waals surface area contributed by atoms with E-state index in [0.717, 1.165) is 46.3 Å². The molecule has 1 aromatic heterocycles. The average Bonchev–Trinajstić information content (AvgIpc) is 3.00. The molecule has 4 heteroatoms. The van der Waals surface area contributed by atoms with Gasteiger partial charge in [0.2, 0.25) is 0 Å². The summed E-state index contributed by atoms with van der Waals surface area (Å²) >= 11 is 0. The van der Waals surface area contributed by atoms with Crippen molar-refractivity contribution in [3.8, 4) is 6.07 Å². The van der Waals surface area contributed by atoms with E-state index in [1.165, 1.54) is 0 Å². The highest BCUT2D eigenvalue weighted by atomic mass is 16.5. The molecule has 0 N–H and O–H groups in total. The molecule has 2 aromatic carbocycles. The number of nitriles is 1. The van der Waals surface area contributed by atoms with Crippen molar-refractivity contribution >= 4 is 22.8 Å². The summed E-state index contributed by atoms with van der Waals surface area (Å²) in [5, 5.41) is 11.7. The van der Waals surface area contributed by atoms with Crippen LogP contribution in [-0.4, -0.2) is 10.5 Å². The molecule has 0 unspecified atom stereocenters. The second-order valence-electron chi connectivity index (χ2n) is 8.04. The first kappa shape index (κ1) is 21.4. The quantitative estimate of drug-likeness (QED) is 0.279. The number of fused-ring (bicyclic) bond motifs is 1. The number of esters is 1. The van der Waals surface area contributed by atoms with Crippen molar-refractivity contribution in [3.63, 3.8) is 0 Å². The Morgan fingerprint density at radius 1 is 1.17 bits per heavy atom. The van der Waals surface area contributed by atoms with E-state index in [4.69, 9.17) is 4.74 Å². The molecule has 0 atom stereocenters. The fourth-order valence-corrected chi connectivity index (χ4v) is 3.64. The largest absolute Gasteiger partial charge is 0.457 e. The summed E-state index contributed by atoms with van der Waals surface area (Å²) in [6, 6.07) is 17.9. The molecule has 0 bridgehead atoms. The van der Waals surface area contributed by atoms with E-state index >= 15 is 0 Å². The van der Waals surface area contributed by atoms with Gasteiger partial charge < -0.3 is 9.30 Å². The van der Waals surface area contributed by atoms with Crippen LogP contribution >= 0.6 is 0 Å². The molecule has 3 rings (SSSR count). The monoisotopic (exact) mass is 400 g/mol. The molecule has 0 aliphatic carbocycles. The first-order valence-electron chi connectivity index (χ1n) is 10.3. The van der Waals surface area contributed by atoms with Gasteiger partial charge in [-0.2, -0.15) is 5.26 Å². The molecule has 0 aliphatic rings. The number of carbonyl (C=O) groups is 1. The van der Waals surface area contributed by atoms with Crippen molar-refractivity contribution < 1.29 is 9.53 Å². The van der Waals surface area contributed by atoms with Crippen LogP contribution in [0, 0.1) is 31.1 Å². The number of aryl methyl sites for hydroxylation is 1. The first-order valence-corrected chi connectivity index (χ1v) is 10.3. The Morgan fingerprint density at radius 3 is 2.63 bits per heavy atom. The molecule has 0 radical (unpaired) electrons. The zero-order valence-corrected chi connectivity index (χ0v) is 18.1. The zero-order chi connectivity index (χ0) is 21.7. The van der Waals surface area contributed by atoms with E-state index in [2.05, 4.69) is 25.3 Å². The Morgan fingerprint density at radius 2 is 1.90 bits per heavy atom. The number of carbonyl (C=O) groups excluding carboxylic acids is 1. The van der Waals surface area contributed by atoms with Crippen LogP contribution in [0.5, 0.6) is 0 Å². The van der Waals surface area contributed by atoms with Crippen LogP contribution < -0.4 is 0 Å². The van der Waals surface area contributed by atoms with Crippen LogP contribution in [0.2, 0.25) is 0 Å². The van der Waals surface area contributed by atoms with E-state index in [1.54, 1.807) is 6.08 Å².